The van der Waals surface area contributed by atoms with Crippen molar-refractivity contribution < 1.29 is 13.5 Å². The van der Waals surface area contributed by atoms with E-state index < -0.39 is 6.43 Å². The third-order valence-corrected chi connectivity index (χ3v) is 4.34. The van der Waals surface area contributed by atoms with Crippen LogP contribution in [0.5, 0.6) is 5.88 Å². The zero-order valence-electron chi connectivity index (χ0n) is 13.4. The summed E-state index contributed by atoms with van der Waals surface area (Å²) in [6, 6.07) is 7.63. The monoisotopic (exact) mass is 345 g/mol. The highest BCUT2D eigenvalue weighted by Gasteiger charge is 2.20. The standard InChI is InChI=1S/C17H17F2N5O/c18-15(19)9-24-4-3-11-7-12(1-2-14(11)24)23-5-6-25-17-13(8-23)16(20)21-10-22-17/h1-4,7,10,15H,5-6,8-9H2,(H2,20,21,22). The molecule has 0 unspecified atom stereocenters. The van der Waals surface area contributed by atoms with Crippen LogP contribution in [-0.2, 0) is 13.1 Å². The van der Waals surface area contributed by atoms with Crippen molar-refractivity contribution in [2.75, 3.05) is 23.8 Å². The van der Waals surface area contributed by atoms with Crippen molar-refractivity contribution in [1.29, 1.82) is 0 Å². The number of hydrogen-bond donors (Lipinski definition) is 1. The molecule has 2 N–H and O–H groups in total. The van der Waals surface area contributed by atoms with Gasteiger partial charge in [0.1, 0.15) is 18.8 Å². The van der Waals surface area contributed by atoms with Crippen LogP contribution in [0.1, 0.15) is 5.56 Å². The quantitative estimate of drug-likeness (QED) is 0.790. The minimum absolute atomic E-state index is 0.304. The average Bonchev–Trinajstić information content (AvgIpc) is 2.84. The molecule has 2 aromatic heterocycles. The molecule has 0 fully saturated rings. The molecule has 0 radical (unpaired) electrons. The lowest BCUT2D eigenvalue weighted by molar-refractivity contribution is 0.128. The highest BCUT2D eigenvalue weighted by molar-refractivity contribution is 5.84. The number of nitrogens with zero attached hydrogens (tertiary/aromatic N) is 4. The maximum Gasteiger partial charge on any atom is 0.256 e. The number of anilines is 2. The summed E-state index contributed by atoms with van der Waals surface area (Å²) in [5.41, 5.74) is 8.48. The van der Waals surface area contributed by atoms with E-state index in [0.29, 0.717) is 31.4 Å². The normalized spacial score (nSPS) is 14.4. The number of fused-ring (bicyclic) bond motifs is 2. The van der Waals surface area contributed by atoms with E-state index in [2.05, 4.69) is 14.9 Å². The summed E-state index contributed by atoms with van der Waals surface area (Å²) in [5, 5.41) is 0.917. The van der Waals surface area contributed by atoms with Gasteiger partial charge in [0.05, 0.1) is 25.2 Å². The number of alkyl halides is 2. The number of hydrogen-bond acceptors (Lipinski definition) is 5. The Bertz CT molecular complexity index is 911. The van der Waals surface area contributed by atoms with Crippen molar-refractivity contribution >= 4 is 22.4 Å². The van der Waals surface area contributed by atoms with E-state index >= 15 is 0 Å². The Morgan fingerprint density at radius 1 is 1.24 bits per heavy atom. The molecule has 8 heteroatoms. The third kappa shape index (κ3) is 2.95. The van der Waals surface area contributed by atoms with Gasteiger partial charge < -0.3 is 19.9 Å². The van der Waals surface area contributed by atoms with Gasteiger partial charge in [-0.15, -0.1) is 0 Å². The molecule has 1 aliphatic heterocycles. The maximum atomic E-state index is 12.7. The van der Waals surface area contributed by atoms with Gasteiger partial charge in [0, 0.05) is 22.8 Å². The van der Waals surface area contributed by atoms with Crippen LogP contribution in [0.15, 0.2) is 36.8 Å². The smallest absolute Gasteiger partial charge is 0.256 e. The van der Waals surface area contributed by atoms with Crippen molar-refractivity contribution in [3.63, 3.8) is 0 Å². The Morgan fingerprint density at radius 3 is 2.96 bits per heavy atom. The van der Waals surface area contributed by atoms with Gasteiger partial charge in [-0.3, -0.25) is 0 Å². The summed E-state index contributed by atoms with van der Waals surface area (Å²) in [7, 11) is 0. The number of halogens is 2. The van der Waals surface area contributed by atoms with Gasteiger partial charge in [-0.05, 0) is 24.3 Å². The van der Waals surface area contributed by atoms with E-state index in [1.54, 1.807) is 10.8 Å². The maximum absolute atomic E-state index is 12.7. The first-order valence-corrected chi connectivity index (χ1v) is 7.96. The van der Waals surface area contributed by atoms with E-state index in [9.17, 15) is 8.78 Å². The molecule has 3 aromatic rings. The summed E-state index contributed by atoms with van der Waals surface area (Å²) >= 11 is 0. The zero-order valence-corrected chi connectivity index (χ0v) is 13.4. The molecule has 3 heterocycles. The van der Waals surface area contributed by atoms with Crippen molar-refractivity contribution in [3.8, 4) is 5.88 Å². The van der Waals surface area contributed by atoms with Crippen LogP contribution in [0, 0.1) is 0 Å². The number of ether oxygens (including phenoxy) is 1. The second-order valence-electron chi connectivity index (χ2n) is 5.91. The topological polar surface area (TPSA) is 69.2 Å². The summed E-state index contributed by atoms with van der Waals surface area (Å²) in [4.78, 5) is 10.3. The Hall–Kier alpha value is -2.90. The van der Waals surface area contributed by atoms with Gasteiger partial charge in [-0.1, -0.05) is 0 Å². The van der Waals surface area contributed by atoms with E-state index in [4.69, 9.17) is 10.5 Å². The first-order valence-electron chi connectivity index (χ1n) is 7.96. The van der Waals surface area contributed by atoms with Gasteiger partial charge in [-0.2, -0.15) is 0 Å². The highest BCUT2D eigenvalue weighted by Crippen LogP contribution is 2.29. The van der Waals surface area contributed by atoms with Gasteiger partial charge in [0.25, 0.3) is 6.43 Å². The Labute approximate surface area is 142 Å². The Kier molecular flexibility index (Phi) is 3.87. The fourth-order valence-electron chi connectivity index (χ4n) is 3.12. The Balaban J connectivity index is 1.66. The molecular weight excluding hydrogens is 328 g/mol. The van der Waals surface area contributed by atoms with Crippen molar-refractivity contribution in [2.24, 2.45) is 0 Å². The van der Waals surface area contributed by atoms with Crippen molar-refractivity contribution in [3.05, 3.63) is 42.4 Å². The number of aromatic nitrogens is 3. The molecule has 0 aliphatic carbocycles. The molecule has 0 bridgehead atoms. The van der Waals surface area contributed by atoms with Crippen molar-refractivity contribution in [1.82, 2.24) is 14.5 Å². The minimum atomic E-state index is -2.38. The lowest BCUT2D eigenvalue weighted by Crippen LogP contribution is -2.25. The lowest BCUT2D eigenvalue weighted by Gasteiger charge is -2.22. The predicted molar refractivity (Wildman–Crippen MR) is 90.9 cm³/mol. The molecule has 130 valence electrons. The summed E-state index contributed by atoms with van der Waals surface area (Å²) < 4.78 is 32.5. The van der Waals surface area contributed by atoms with Gasteiger partial charge in [0.15, 0.2) is 0 Å². The van der Waals surface area contributed by atoms with E-state index in [1.807, 2.05) is 24.3 Å². The van der Waals surface area contributed by atoms with Crippen LogP contribution in [0.3, 0.4) is 0 Å². The second-order valence-corrected chi connectivity index (χ2v) is 5.91. The molecule has 0 amide bonds. The molecule has 4 rings (SSSR count). The lowest BCUT2D eigenvalue weighted by atomic mass is 10.2. The molecule has 0 spiro atoms. The molecule has 6 nitrogen and oxygen atoms in total. The van der Waals surface area contributed by atoms with Crippen LogP contribution in [0.2, 0.25) is 0 Å². The molecule has 1 aromatic carbocycles. The molecule has 1 aliphatic rings. The van der Waals surface area contributed by atoms with E-state index in [0.717, 1.165) is 22.2 Å². The highest BCUT2D eigenvalue weighted by atomic mass is 19.3. The Morgan fingerprint density at radius 2 is 2.12 bits per heavy atom. The second kappa shape index (κ2) is 6.19. The van der Waals surface area contributed by atoms with Crippen LogP contribution in [0.4, 0.5) is 20.3 Å². The minimum Gasteiger partial charge on any atom is -0.475 e. The number of nitrogens with two attached hydrogens (primary N) is 1. The van der Waals surface area contributed by atoms with Crippen LogP contribution >= 0.6 is 0 Å². The molecular formula is C17H17F2N5O. The number of benzene rings is 1. The third-order valence-electron chi connectivity index (χ3n) is 4.34. The first-order chi connectivity index (χ1) is 12.1. The molecule has 25 heavy (non-hydrogen) atoms. The van der Waals surface area contributed by atoms with Gasteiger partial charge in [-0.25, -0.2) is 18.7 Å². The van der Waals surface area contributed by atoms with E-state index in [-0.39, 0.29) is 6.54 Å². The fourth-order valence-corrected chi connectivity index (χ4v) is 3.12. The van der Waals surface area contributed by atoms with Crippen LogP contribution < -0.4 is 15.4 Å². The predicted octanol–water partition coefficient (Wildman–Crippen LogP) is 2.68. The van der Waals surface area contributed by atoms with Gasteiger partial charge >= 0.3 is 0 Å². The first kappa shape index (κ1) is 15.6. The summed E-state index contributed by atoms with van der Waals surface area (Å²) in [6.45, 7) is 1.37. The SMILES string of the molecule is Nc1ncnc2c1CN(c1ccc3c(ccn3CC(F)F)c1)CCO2. The van der Waals surface area contributed by atoms with E-state index in [1.165, 1.54) is 6.33 Å². The molecule has 0 atom stereocenters. The fraction of sp³-hybridized carbons (Fsp3) is 0.294. The molecule has 0 saturated carbocycles. The van der Waals surface area contributed by atoms with Crippen LogP contribution in [0.25, 0.3) is 10.9 Å². The van der Waals surface area contributed by atoms with Crippen molar-refractivity contribution in [2.45, 2.75) is 19.5 Å². The summed E-state index contributed by atoms with van der Waals surface area (Å²) in [6.07, 6.45) is 0.701. The average molecular weight is 345 g/mol. The largest absolute Gasteiger partial charge is 0.475 e. The summed E-state index contributed by atoms with van der Waals surface area (Å²) in [5.74, 6) is 0.917. The number of rotatable bonds is 3. The number of nitrogen functional groups attached to an aromatic ring is 1. The van der Waals surface area contributed by atoms with Crippen LogP contribution in [-0.4, -0.2) is 34.1 Å². The zero-order chi connectivity index (χ0) is 17.4. The van der Waals surface area contributed by atoms with Gasteiger partial charge in [0.2, 0.25) is 5.88 Å². The molecule has 0 saturated heterocycles.